The van der Waals surface area contributed by atoms with Crippen molar-refractivity contribution in [3.8, 4) is 0 Å². The number of unbranched alkanes of at least 4 members (excludes halogenated alkanes) is 3. The predicted octanol–water partition coefficient (Wildman–Crippen LogP) is 5.01. The number of imide groups is 1. The summed E-state index contributed by atoms with van der Waals surface area (Å²) in [7, 11) is 0. The van der Waals surface area contributed by atoms with Crippen molar-refractivity contribution < 1.29 is 19.2 Å². The van der Waals surface area contributed by atoms with Crippen LogP contribution in [0.3, 0.4) is 0 Å². The third-order valence-electron chi connectivity index (χ3n) is 9.22. The van der Waals surface area contributed by atoms with Gasteiger partial charge in [-0.15, -0.1) is 11.8 Å². The molecular formula is C31H44N4O4S. The summed E-state index contributed by atoms with van der Waals surface area (Å²) in [6, 6.07) is 5.17. The van der Waals surface area contributed by atoms with Crippen molar-refractivity contribution in [2.75, 3.05) is 18.8 Å². The second-order valence-corrected chi connectivity index (χ2v) is 13.3. The van der Waals surface area contributed by atoms with Crippen LogP contribution in [0.1, 0.15) is 99.4 Å². The van der Waals surface area contributed by atoms with Crippen molar-refractivity contribution in [1.29, 1.82) is 0 Å². The van der Waals surface area contributed by atoms with Gasteiger partial charge in [0.2, 0.25) is 11.8 Å². The number of amides is 5. The first-order chi connectivity index (χ1) is 19.5. The number of thioether (sulfide) groups is 1. The van der Waals surface area contributed by atoms with Crippen molar-refractivity contribution in [2.45, 2.75) is 101 Å². The zero-order valence-electron chi connectivity index (χ0n) is 23.6. The number of benzene rings is 1. The van der Waals surface area contributed by atoms with E-state index in [1.807, 2.05) is 18.2 Å². The van der Waals surface area contributed by atoms with Gasteiger partial charge < -0.3 is 15.5 Å². The van der Waals surface area contributed by atoms with Gasteiger partial charge in [0.25, 0.3) is 5.91 Å². The van der Waals surface area contributed by atoms with Gasteiger partial charge in [0.1, 0.15) is 6.04 Å². The maximum absolute atomic E-state index is 13.0. The minimum atomic E-state index is -0.581. The fourth-order valence-electron chi connectivity index (χ4n) is 7.21. The Morgan fingerprint density at radius 2 is 1.73 bits per heavy atom. The summed E-state index contributed by atoms with van der Waals surface area (Å²) in [4.78, 5) is 51.7. The normalized spacial score (nSPS) is 25.9. The molecule has 218 valence electrons. The van der Waals surface area contributed by atoms with Crippen molar-refractivity contribution in [2.24, 2.45) is 17.8 Å². The van der Waals surface area contributed by atoms with Crippen LogP contribution in [0.2, 0.25) is 0 Å². The standard InChI is InChI=1S/C31H44N4O4S/c36-28-12-11-26(29(37)34-28)35-20-25-24(30(35)38)9-6-10-27(25)40-16-4-2-1-3-14-32-31(39)33-15-13-23-18-21-7-5-8-22(17-21)19-23/h6,9-10,21-23,26H,1-5,7-8,11-20H2,(H2,32,33,39)(H,34,36,37). The van der Waals surface area contributed by atoms with Crippen LogP contribution in [0, 0.1) is 17.8 Å². The summed E-state index contributed by atoms with van der Waals surface area (Å²) >= 11 is 1.76. The summed E-state index contributed by atoms with van der Waals surface area (Å²) < 4.78 is 0. The summed E-state index contributed by atoms with van der Waals surface area (Å²) in [5.41, 5.74) is 1.66. The Morgan fingerprint density at radius 3 is 2.52 bits per heavy atom. The van der Waals surface area contributed by atoms with E-state index in [1.165, 1.54) is 38.5 Å². The average Bonchev–Trinajstić information content (AvgIpc) is 3.26. The van der Waals surface area contributed by atoms with Crippen molar-refractivity contribution in [3.05, 3.63) is 29.3 Å². The lowest BCUT2D eigenvalue weighted by molar-refractivity contribution is -0.136. The lowest BCUT2D eigenvalue weighted by Crippen LogP contribution is -2.52. The molecule has 4 aliphatic rings. The molecule has 1 saturated heterocycles. The second kappa shape index (κ2) is 13.9. The van der Waals surface area contributed by atoms with Crippen LogP contribution < -0.4 is 16.0 Å². The highest BCUT2D eigenvalue weighted by Gasteiger charge is 2.39. The van der Waals surface area contributed by atoms with E-state index in [0.29, 0.717) is 25.1 Å². The molecule has 40 heavy (non-hydrogen) atoms. The third kappa shape index (κ3) is 7.39. The fourth-order valence-corrected chi connectivity index (χ4v) is 8.31. The van der Waals surface area contributed by atoms with Crippen LogP contribution in [0.5, 0.6) is 0 Å². The van der Waals surface area contributed by atoms with E-state index in [1.54, 1.807) is 16.7 Å². The maximum atomic E-state index is 13.0. The Kier molecular flexibility index (Phi) is 10.0. The van der Waals surface area contributed by atoms with Gasteiger partial charge in [0, 0.05) is 36.5 Å². The highest BCUT2D eigenvalue weighted by molar-refractivity contribution is 7.99. The zero-order chi connectivity index (χ0) is 27.9. The molecule has 2 heterocycles. The molecule has 3 atom stereocenters. The number of rotatable bonds is 12. The highest BCUT2D eigenvalue weighted by Crippen LogP contribution is 2.43. The molecule has 0 spiro atoms. The van der Waals surface area contributed by atoms with Gasteiger partial charge in [-0.2, -0.15) is 0 Å². The number of carbonyl (C=O) groups is 4. The lowest BCUT2D eigenvalue weighted by Gasteiger charge is -2.39. The molecule has 2 bridgehead atoms. The first-order valence-electron chi connectivity index (χ1n) is 15.4. The maximum Gasteiger partial charge on any atom is 0.314 e. The number of hydrogen-bond donors (Lipinski definition) is 3. The van der Waals surface area contributed by atoms with Crippen LogP contribution in [0.25, 0.3) is 0 Å². The van der Waals surface area contributed by atoms with E-state index in [0.717, 1.165) is 72.6 Å². The Bertz CT molecular complexity index is 1080. The third-order valence-corrected chi connectivity index (χ3v) is 10.4. The summed E-state index contributed by atoms with van der Waals surface area (Å²) in [5, 5.41) is 8.43. The van der Waals surface area contributed by atoms with Gasteiger partial charge in [-0.25, -0.2) is 4.79 Å². The molecule has 2 saturated carbocycles. The van der Waals surface area contributed by atoms with Crippen LogP contribution in [-0.2, 0) is 16.1 Å². The molecule has 1 aromatic carbocycles. The van der Waals surface area contributed by atoms with Gasteiger partial charge in [0.15, 0.2) is 0 Å². The summed E-state index contributed by atoms with van der Waals surface area (Å²) in [6.45, 7) is 1.91. The Morgan fingerprint density at radius 1 is 0.950 bits per heavy atom. The first kappa shape index (κ1) is 29.0. The number of nitrogens with one attached hydrogen (secondary N) is 3. The SMILES string of the molecule is O=C1CCC(N2Cc3c(SCCCCCCNC(=O)NCCC4CC5CCCC(C5)C4)cccc3C2=O)C(=O)N1. The van der Waals surface area contributed by atoms with Gasteiger partial charge in [-0.3, -0.25) is 19.7 Å². The van der Waals surface area contributed by atoms with E-state index in [2.05, 4.69) is 16.0 Å². The summed E-state index contributed by atoms with van der Waals surface area (Å²) in [6.07, 6.45) is 14.4. The zero-order valence-corrected chi connectivity index (χ0v) is 24.4. The summed E-state index contributed by atoms with van der Waals surface area (Å²) in [5.74, 6) is 2.87. The van der Waals surface area contributed by atoms with Crippen molar-refractivity contribution >= 4 is 35.5 Å². The van der Waals surface area contributed by atoms with Crippen molar-refractivity contribution in [3.63, 3.8) is 0 Å². The smallest absolute Gasteiger partial charge is 0.314 e. The van der Waals surface area contributed by atoms with E-state index in [4.69, 9.17) is 0 Å². The van der Waals surface area contributed by atoms with E-state index < -0.39 is 6.04 Å². The quantitative estimate of drug-likeness (QED) is 0.187. The van der Waals surface area contributed by atoms with Crippen LogP contribution in [0.15, 0.2) is 23.1 Å². The molecule has 0 radical (unpaired) electrons. The molecular weight excluding hydrogens is 524 g/mol. The van der Waals surface area contributed by atoms with Gasteiger partial charge in [-0.1, -0.05) is 38.2 Å². The average molecular weight is 569 g/mol. The Balaban J connectivity index is 0.928. The van der Waals surface area contributed by atoms with Gasteiger partial charge in [-0.05, 0) is 86.1 Å². The molecule has 5 amide bonds. The molecule has 3 fully saturated rings. The molecule has 3 N–H and O–H groups in total. The highest BCUT2D eigenvalue weighted by atomic mass is 32.2. The molecule has 9 heteroatoms. The predicted molar refractivity (Wildman–Crippen MR) is 156 cm³/mol. The largest absolute Gasteiger partial charge is 0.338 e. The minimum Gasteiger partial charge on any atom is -0.338 e. The van der Waals surface area contributed by atoms with Gasteiger partial charge >= 0.3 is 6.03 Å². The van der Waals surface area contributed by atoms with E-state index in [9.17, 15) is 19.2 Å². The van der Waals surface area contributed by atoms with Crippen LogP contribution in [0.4, 0.5) is 4.79 Å². The topological polar surface area (TPSA) is 108 Å². The van der Waals surface area contributed by atoms with Crippen LogP contribution >= 0.6 is 11.8 Å². The molecule has 8 nitrogen and oxygen atoms in total. The molecule has 2 aliphatic carbocycles. The number of hydrogen-bond acceptors (Lipinski definition) is 5. The number of fused-ring (bicyclic) bond motifs is 3. The Hall–Kier alpha value is -2.55. The monoisotopic (exact) mass is 568 g/mol. The fraction of sp³-hybridized carbons (Fsp3) is 0.677. The number of urea groups is 1. The van der Waals surface area contributed by atoms with E-state index >= 15 is 0 Å². The molecule has 2 aliphatic heterocycles. The number of piperidine rings is 1. The molecule has 1 aromatic rings. The molecule has 5 rings (SSSR count). The molecule has 3 unspecified atom stereocenters. The Labute approximate surface area is 242 Å². The first-order valence-corrected chi connectivity index (χ1v) is 16.4. The van der Waals surface area contributed by atoms with Crippen LogP contribution in [-0.4, -0.2) is 53.5 Å². The minimum absolute atomic E-state index is 0.0367. The number of nitrogens with zero attached hydrogens (tertiary/aromatic N) is 1. The second-order valence-electron chi connectivity index (χ2n) is 12.2. The van der Waals surface area contributed by atoms with Gasteiger partial charge in [0.05, 0.1) is 0 Å². The van der Waals surface area contributed by atoms with E-state index in [-0.39, 0.29) is 30.2 Å². The lowest BCUT2D eigenvalue weighted by atomic mass is 9.67. The molecule has 0 aromatic heterocycles. The van der Waals surface area contributed by atoms with Crippen molar-refractivity contribution in [1.82, 2.24) is 20.9 Å². The number of carbonyl (C=O) groups excluding carboxylic acids is 4.